The number of anilines is 1. The van der Waals surface area contributed by atoms with Crippen molar-refractivity contribution in [2.24, 2.45) is 0 Å². The van der Waals surface area contributed by atoms with E-state index in [0.29, 0.717) is 19.4 Å². The monoisotopic (exact) mass is 290 g/mol. The van der Waals surface area contributed by atoms with Crippen LogP contribution in [-0.4, -0.2) is 34.1 Å². The first kappa shape index (κ1) is 15.4. The van der Waals surface area contributed by atoms with Crippen LogP contribution in [0, 0.1) is 0 Å². The van der Waals surface area contributed by atoms with E-state index in [9.17, 15) is 14.7 Å². The Morgan fingerprint density at radius 3 is 2.67 bits per heavy atom. The number of nitrogens with one attached hydrogen (secondary N) is 1. The molecule has 0 radical (unpaired) electrons. The predicted octanol–water partition coefficient (Wildman–Crippen LogP) is 3.11. The molecule has 1 heterocycles. The highest BCUT2D eigenvalue weighted by molar-refractivity contribution is 5.95. The molecule has 0 saturated carbocycles. The van der Waals surface area contributed by atoms with Crippen molar-refractivity contribution in [1.82, 2.24) is 4.90 Å². The topological polar surface area (TPSA) is 69.6 Å². The van der Waals surface area contributed by atoms with E-state index < -0.39 is 11.5 Å². The van der Waals surface area contributed by atoms with E-state index >= 15 is 0 Å². The standard InChI is InChI=1S/C16H22N2O3/c1-3-12-8-5-6-9-13(12)17-15(21)18-11-7-10-16(18,4-2)14(19)20/h5-6,8-9H,3-4,7,10-11H2,1-2H3,(H,17,21)(H,19,20). The summed E-state index contributed by atoms with van der Waals surface area (Å²) in [5, 5.41) is 12.4. The van der Waals surface area contributed by atoms with E-state index in [-0.39, 0.29) is 6.03 Å². The number of para-hydroxylation sites is 1. The van der Waals surface area contributed by atoms with Crippen molar-refractivity contribution in [1.29, 1.82) is 0 Å². The molecule has 0 spiro atoms. The van der Waals surface area contributed by atoms with Crippen LogP contribution in [0.1, 0.15) is 38.7 Å². The van der Waals surface area contributed by atoms with E-state index in [1.807, 2.05) is 38.1 Å². The van der Waals surface area contributed by atoms with Gasteiger partial charge in [0.25, 0.3) is 0 Å². The van der Waals surface area contributed by atoms with Crippen LogP contribution in [0.3, 0.4) is 0 Å². The van der Waals surface area contributed by atoms with Crippen molar-refractivity contribution in [2.75, 3.05) is 11.9 Å². The fraction of sp³-hybridized carbons (Fsp3) is 0.500. The van der Waals surface area contributed by atoms with Gasteiger partial charge in [-0.3, -0.25) is 0 Å². The van der Waals surface area contributed by atoms with Gasteiger partial charge in [0.2, 0.25) is 0 Å². The molecule has 1 unspecified atom stereocenters. The van der Waals surface area contributed by atoms with Crippen LogP contribution in [0.5, 0.6) is 0 Å². The van der Waals surface area contributed by atoms with Gasteiger partial charge in [-0.05, 0) is 37.3 Å². The largest absolute Gasteiger partial charge is 0.479 e. The number of amides is 2. The van der Waals surface area contributed by atoms with Crippen LogP contribution < -0.4 is 5.32 Å². The van der Waals surface area contributed by atoms with Gasteiger partial charge in [-0.1, -0.05) is 32.0 Å². The van der Waals surface area contributed by atoms with E-state index in [2.05, 4.69) is 5.32 Å². The maximum absolute atomic E-state index is 12.5. The Hall–Kier alpha value is -2.04. The first-order valence-electron chi connectivity index (χ1n) is 7.45. The molecule has 2 rings (SSSR count). The van der Waals surface area contributed by atoms with E-state index in [1.54, 1.807) is 0 Å². The fourth-order valence-corrected chi connectivity index (χ4v) is 3.05. The number of urea groups is 1. The Balaban J connectivity index is 2.22. The number of likely N-dealkylation sites (tertiary alicyclic amines) is 1. The Kier molecular flexibility index (Phi) is 4.50. The molecule has 1 aromatic rings. The van der Waals surface area contributed by atoms with Crippen LogP contribution in [0.15, 0.2) is 24.3 Å². The lowest BCUT2D eigenvalue weighted by molar-refractivity contribution is -0.148. The molecule has 21 heavy (non-hydrogen) atoms. The van der Waals surface area contributed by atoms with Gasteiger partial charge in [0.1, 0.15) is 5.54 Å². The zero-order chi connectivity index (χ0) is 15.5. The SMILES string of the molecule is CCc1ccccc1NC(=O)N1CCCC1(CC)C(=O)O. The molecule has 114 valence electrons. The first-order valence-corrected chi connectivity index (χ1v) is 7.45. The zero-order valence-corrected chi connectivity index (χ0v) is 12.6. The summed E-state index contributed by atoms with van der Waals surface area (Å²) in [6, 6.07) is 7.28. The summed E-state index contributed by atoms with van der Waals surface area (Å²) >= 11 is 0. The number of benzene rings is 1. The smallest absolute Gasteiger partial charge is 0.329 e. The Bertz CT molecular complexity index is 544. The van der Waals surface area contributed by atoms with Crippen LogP contribution in [0.4, 0.5) is 10.5 Å². The van der Waals surface area contributed by atoms with Crippen molar-refractivity contribution in [2.45, 2.75) is 45.1 Å². The third kappa shape index (κ3) is 2.73. The minimum absolute atomic E-state index is 0.322. The molecule has 2 amide bonds. The Labute approximate surface area is 125 Å². The molecule has 5 nitrogen and oxygen atoms in total. The second kappa shape index (κ2) is 6.16. The van der Waals surface area contributed by atoms with Crippen molar-refractivity contribution < 1.29 is 14.7 Å². The van der Waals surface area contributed by atoms with Crippen molar-refractivity contribution in [3.05, 3.63) is 29.8 Å². The number of carboxylic acids is 1. The maximum Gasteiger partial charge on any atom is 0.329 e. The van der Waals surface area contributed by atoms with Gasteiger partial charge in [-0.2, -0.15) is 0 Å². The highest BCUT2D eigenvalue weighted by Gasteiger charge is 2.48. The fourth-order valence-electron chi connectivity index (χ4n) is 3.05. The molecule has 1 aliphatic rings. The minimum atomic E-state index is -1.06. The van der Waals surface area contributed by atoms with Gasteiger partial charge in [0.05, 0.1) is 0 Å². The zero-order valence-electron chi connectivity index (χ0n) is 12.6. The normalized spacial score (nSPS) is 21.3. The summed E-state index contributed by atoms with van der Waals surface area (Å²) in [6.07, 6.45) is 2.48. The summed E-state index contributed by atoms with van der Waals surface area (Å²) in [5.74, 6) is -0.915. The lowest BCUT2D eigenvalue weighted by atomic mass is 9.93. The number of carbonyl (C=O) groups is 2. The summed E-state index contributed by atoms with van der Waals surface area (Å²) in [6.45, 7) is 4.33. The maximum atomic E-state index is 12.5. The highest BCUT2D eigenvalue weighted by Crippen LogP contribution is 2.33. The number of carboxylic acid groups (broad SMARTS) is 1. The second-order valence-corrected chi connectivity index (χ2v) is 5.39. The molecule has 1 saturated heterocycles. The quantitative estimate of drug-likeness (QED) is 0.895. The van der Waals surface area contributed by atoms with E-state index in [0.717, 1.165) is 24.1 Å². The number of carbonyl (C=O) groups excluding carboxylic acids is 1. The third-order valence-electron chi connectivity index (χ3n) is 4.36. The molecule has 0 bridgehead atoms. The van der Waals surface area contributed by atoms with Crippen LogP contribution >= 0.6 is 0 Å². The van der Waals surface area contributed by atoms with Gasteiger partial charge in [-0.15, -0.1) is 0 Å². The lowest BCUT2D eigenvalue weighted by Crippen LogP contribution is -2.54. The molecule has 0 aliphatic carbocycles. The van der Waals surface area contributed by atoms with Gasteiger partial charge in [0.15, 0.2) is 0 Å². The van der Waals surface area contributed by atoms with Gasteiger partial charge >= 0.3 is 12.0 Å². The van der Waals surface area contributed by atoms with Gasteiger partial charge in [0, 0.05) is 12.2 Å². The number of aliphatic carboxylic acids is 1. The van der Waals surface area contributed by atoms with Gasteiger partial charge < -0.3 is 15.3 Å². The van der Waals surface area contributed by atoms with E-state index in [1.165, 1.54) is 4.90 Å². The molecule has 1 aromatic carbocycles. The Morgan fingerprint density at radius 1 is 1.33 bits per heavy atom. The average molecular weight is 290 g/mol. The predicted molar refractivity (Wildman–Crippen MR) is 81.4 cm³/mol. The number of nitrogens with zero attached hydrogens (tertiary/aromatic N) is 1. The molecule has 1 aliphatic heterocycles. The number of aryl methyl sites for hydroxylation is 1. The van der Waals surface area contributed by atoms with Crippen molar-refractivity contribution >= 4 is 17.7 Å². The van der Waals surface area contributed by atoms with Crippen molar-refractivity contribution in [3.8, 4) is 0 Å². The minimum Gasteiger partial charge on any atom is -0.479 e. The molecule has 1 fully saturated rings. The third-order valence-corrected chi connectivity index (χ3v) is 4.36. The van der Waals surface area contributed by atoms with Crippen molar-refractivity contribution in [3.63, 3.8) is 0 Å². The second-order valence-electron chi connectivity index (χ2n) is 5.39. The average Bonchev–Trinajstić information content (AvgIpc) is 2.93. The van der Waals surface area contributed by atoms with Crippen LogP contribution in [0.2, 0.25) is 0 Å². The summed E-state index contributed by atoms with van der Waals surface area (Å²) in [4.78, 5) is 25.6. The number of hydrogen-bond acceptors (Lipinski definition) is 2. The van der Waals surface area contributed by atoms with Crippen LogP contribution in [-0.2, 0) is 11.2 Å². The highest BCUT2D eigenvalue weighted by atomic mass is 16.4. The number of rotatable bonds is 4. The van der Waals surface area contributed by atoms with Gasteiger partial charge in [-0.25, -0.2) is 9.59 Å². The molecule has 2 N–H and O–H groups in total. The summed E-state index contributed by atoms with van der Waals surface area (Å²) in [5.41, 5.74) is 0.736. The first-order chi connectivity index (χ1) is 10.0. The molecular formula is C16H22N2O3. The molecule has 1 atom stereocenters. The molecule has 0 aromatic heterocycles. The molecule has 5 heteroatoms. The number of hydrogen-bond donors (Lipinski definition) is 2. The Morgan fingerprint density at radius 2 is 2.05 bits per heavy atom. The summed E-state index contributed by atoms with van der Waals surface area (Å²) < 4.78 is 0. The van der Waals surface area contributed by atoms with Crippen LogP contribution in [0.25, 0.3) is 0 Å². The summed E-state index contributed by atoms with van der Waals surface area (Å²) in [7, 11) is 0. The molecular weight excluding hydrogens is 268 g/mol. The lowest BCUT2D eigenvalue weighted by Gasteiger charge is -2.34. The van der Waals surface area contributed by atoms with E-state index in [4.69, 9.17) is 0 Å².